The molecule has 19 heavy (non-hydrogen) atoms. The lowest BCUT2D eigenvalue weighted by molar-refractivity contribution is -0.00240. The van der Waals surface area contributed by atoms with Crippen molar-refractivity contribution in [2.24, 2.45) is 5.92 Å². The zero-order chi connectivity index (χ0) is 13.4. The van der Waals surface area contributed by atoms with Gasteiger partial charge in [-0.25, -0.2) is 0 Å². The van der Waals surface area contributed by atoms with E-state index in [2.05, 4.69) is 23.6 Å². The topological polar surface area (TPSA) is 23.6 Å². The van der Waals surface area contributed by atoms with Crippen molar-refractivity contribution in [2.75, 3.05) is 31.1 Å². The van der Waals surface area contributed by atoms with Crippen molar-refractivity contribution in [1.29, 1.82) is 0 Å². The second-order valence-electron chi connectivity index (χ2n) is 6.88. The molecule has 3 aliphatic rings. The van der Waals surface area contributed by atoms with Gasteiger partial charge in [0.25, 0.3) is 0 Å². The molecular weight excluding hydrogens is 256 g/mol. The van der Waals surface area contributed by atoms with E-state index in [1.165, 1.54) is 32.5 Å². The number of rotatable bonds is 2. The molecule has 3 nitrogen and oxygen atoms in total. The number of hydrogen-bond donors (Lipinski definition) is 0. The van der Waals surface area contributed by atoms with E-state index < -0.39 is 10.8 Å². The van der Waals surface area contributed by atoms with Gasteiger partial charge in [-0.2, -0.15) is 0 Å². The van der Waals surface area contributed by atoms with Gasteiger partial charge in [0, 0.05) is 53.5 Å². The summed E-state index contributed by atoms with van der Waals surface area (Å²) in [6.07, 6.45) is 5.09. The average molecular weight is 284 g/mol. The first-order valence-electron chi connectivity index (χ1n) is 8.00. The van der Waals surface area contributed by atoms with E-state index in [0.29, 0.717) is 12.1 Å². The lowest BCUT2D eigenvalue weighted by Crippen LogP contribution is -2.61. The molecule has 0 aromatic carbocycles. The van der Waals surface area contributed by atoms with Crippen LogP contribution in [0.5, 0.6) is 0 Å². The van der Waals surface area contributed by atoms with Crippen LogP contribution in [-0.4, -0.2) is 63.3 Å². The Labute approximate surface area is 120 Å². The number of nitrogens with zero attached hydrogens (tertiary/aromatic N) is 2. The molecule has 3 aliphatic heterocycles. The van der Waals surface area contributed by atoms with Crippen molar-refractivity contribution in [1.82, 2.24) is 9.80 Å². The van der Waals surface area contributed by atoms with Crippen LogP contribution in [0.4, 0.5) is 0 Å². The summed E-state index contributed by atoms with van der Waals surface area (Å²) in [4.78, 5) is 5.52. The zero-order valence-corrected chi connectivity index (χ0v) is 13.2. The maximum atomic E-state index is 11.6. The summed E-state index contributed by atoms with van der Waals surface area (Å²) in [5, 5.41) is 0. The highest BCUT2D eigenvalue weighted by molar-refractivity contribution is 7.85. The fourth-order valence-electron chi connectivity index (χ4n) is 4.19. The summed E-state index contributed by atoms with van der Waals surface area (Å²) in [6.45, 7) is 8.59. The van der Waals surface area contributed by atoms with Gasteiger partial charge in [0.2, 0.25) is 0 Å². The third kappa shape index (κ3) is 2.91. The molecule has 3 rings (SSSR count). The molecule has 3 saturated heterocycles. The molecular formula is C15H28N2OS. The highest BCUT2D eigenvalue weighted by atomic mass is 32.2. The predicted octanol–water partition coefficient (Wildman–Crippen LogP) is 1.70. The molecule has 2 atom stereocenters. The lowest BCUT2D eigenvalue weighted by Gasteiger charge is -2.49. The third-order valence-corrected chi connectivity index (χ3v) is 6.75. The minimum Gasteiger partial charge on any atom is -0.298 e. The molecule has 0 aromatic rings. The average Bonchev–Trinajstić information content (AvgIpc) is 2.85. The minimum atomic E-state index is -0.530. The Balaban J connectivity index is 1.71. The summed E-state index contributed by atoms with van der Waals surface area (Å²) < 4.78 is 11.6. The van der Waals surface area contributed by atoms with Crippen molar-refractivity contribution >= 4 is 10.8 Å². The second kappa shape index (κ2) is 5.82. The van der Waals surface area contributed by atoms with Gasteiger partial charge in [-0.05, 0) is 38.1 Å². The van der Waals surface area contributed by atoms with Crippen LogP contribution in [-0.2, 0) is 10.8 Å². The Morgan fingerprint density at radius 2 is 1.79 bits per heavy atom. The van der Waals surface area contributed by atoms with E-state index in [1.54, 1.807) is 0 Å². The number of piperazine rings is 1. The van der Waals surface area contributed by atoms with Gasteiger partial charge in [-0.15, -0.1) is 0 Å². The van der Waals surface area contributed by atoms with Crippen molar-refractivity contribution in [3.63, 3.8) is 0 Å². The van der Waals surface area contributed by atoms with Crippen LogP contribution in [0.2, 0.25) is 0 Å². The number of fused-ring (bicyclic) bond motifs is 1. The standard InChI is InChI=1S/C15H28N2OS/c1-12(2)15-11-16-7-3-4-14(16)10-17(15)13-5-8-19(18)9-6-13/h12-15H,3-11H2,1-2H3. The molecule has 3 fully saturated rings. The van der Waals surface area contributed by atoms with Gasteiger partial charge in [0.15, 0.2) is 0 Å². The summed E-state index contributed by atoms with van der Waals surface area (Å²) >= 11 is 0. The molecule has 0 spiro atoms. The predicted molar refractivity (Wildman–Crippen MR) is 80.8 cm³/mol. The van der Waals surface area contributed by atoms with Gasteiger partial charge >= 0.3 is 0 Å². The third-order valence-electron chi connectivity index (χ3n) is 5.36. The fraction of sp³-hybridized carbons (Fsp3) is 1.00. The van der Waals surface area contributed by atoms with Crippen LogP contribution in [0.3, 0.4) is 0 Å². The SMILES string of the molecule is CC(C)C1CN2CCCC2CN1C1CCS(=O)CC1. The molecule has 0 bridgehead atoms. The molecule has 0 N–H and O–H groups in total. The first kappa shape index (κ1) is 14.0. The van der Waals surface area contributed by atoms with Crippen molar-refractivity contribution in [3.8, 4) is 0 Å². The fourth-order valence-corrected chi connectivity index (χ4v) is 5.47. The van der Waals surface area contributed by atoms with Crippen molar-refractivity contribution in [3.05, 3.63) is 0 Å². The molecule has 0 aliphatic carbocycles. The highest BCUT2D eigenvalue weighted by Gasteiger charge is 2.40. The summed E-state index contributed by atoms with van der Waals surface area (Å²) in [5.41, 5.74) is 0. The monoisotopic (exact) mass is 284 g/mol. The van der Waals surface area contributed by atoms with E-state index >= 15 is 0 Å². The first-order chi connectivity index (χ1) is 9.15. The van der Waals surface area contributed by atoms with Crippen LogP contribution in [0.25, 0.3) is 0 Å². The van der Waals surface area contributed by atoms with Gasteiger partial charge < -0.3 is 0 Å². The summed E-state index contributed by atoms with van der Waals surface area (Å²) in [6, 6.07) is 2.22. The van der Waals surface area contributed by atoms with Crippen LogP contribution in [0.15, 0.2) is 0 Å². The Morgan fingerprint density at radius 3 is 2.47 bits per heavy atom. The lowest BCUT2D eigenvalue weighted by atomic mass is 9.94. The van der Waals surface area contributed by atoms with Crippen LogP contribution in [0.1, 0.15) is 39.5 Å². The summed E-state index contributed by atoms with van der Waals surface area (Å²) in [7, 11) is -0.530. The van der Waals surface area contributed by atoms with Gasteiger partial charge in [0.05, 0.1) is 0 Å². The molecule has 110 valence electrons. The van der Waals surface area contributed by atoms with Crippen LogP contribution in [0, 0.1) is 5.92 Å². The molecule has 0 aromatic heterocycles. The normalized spacial score (nSPS) is 41.6. The van der Waals surface area contributed by atoms with E-state index in [9.17, 15) is 4.21 Å². The Morgan fingerprint density at radius 1 is 1.05 bits per heavy atom. The molecule has 0 radical (unpaired) electrons. The van der Waals surface area contributed by atoms with E-state index in [1.807, 2.05) is 0 Å². The Kier molecular flexibility index (Phi) is 4.30. The molecule has 3 heterocycles. The smallest absolute Gasteiger partial charge is 0.0249 e. The zero-order valence-electron chi connectivity index (χ0n) is 12.4. The van der Waals surface area contributed by atoms with Crippen molar-refractivity contribution in [2.45, 2.75) is 57.7 Å². The molecule has 2 unspecified atom stereocenters. The molecule has 0 saturated carbocycles. The van der Waals surface area contributed by atoms with Crippen molar-refractivity contribution < 1.29 is 4.21 Å². The number of hydrogen-bond acceptors (Lipinski definition) is 3. The van der Waals surface area contributed by atoms with Crippen LogP contribution < -0.4 is 0 Å². The Hall–Kier alpha value is 0.0700. The minimum absolute atomic E-state index is 0.530. The largest absolute Gasteiger partial charge is 0.298 e. The molecule has 0 amide bonds. The second-order valence-corrected chi connectivity index (χ2v) is 8.57. The quantitative estimate of drug-likeness (QED) is 0.771. The maximum absolute atomic E-state index is 11.6. The maximum Gasteiger partial charge on any atom is 0.0249 e. The van der Waals surface area contributed by atoms with E-state index in [0.717, 1.165) is 36.3 Å². The van der Waals surface area contributed by atoms with Gasteiger partial charge in [-0.1, -0.05) is 13.8 Å². The first-order valence-corrected chi connectivity index (χ1v) is 9.48. The highest BCUT2D eigenvalue weighted by Crippen LogP contribution is 2.31. The molecule has 4 heteroatoms. The van der Waals surface area contributed by atoms with Gasteiger partial charge in [0.1, 0.15) is 0 Å². The van der Waals surface area contributed by atoms with E-state index in [4.69, 9.17) is 0 Å². The van der Waals surface area contributed by atoms with E-state index in [-0.39, 0.29) is 0 Å². The Bertz CT molecular complexity index is 337. The summed E-state index contributed by atoms with van der Waals surface area (Å²) in [5.74, 6) is 2.59. The van der Waals surface area contributed by atoms with Crippen LogP contribution >= 0.6 is 0 Å². The van der Waals surface area contributed by atoms with Gasteiger partial charge in [-0.3, -0.25) is 14.0 Å².